The lowest BCUT2D eigenvalue weighted by Crippen LogP contribution is -2.14. The van der Waals surface area contributed by atoms with Gasteiger partial charge in [0.15, 0.2) is 23.3 Å². The first-order valence-corrected chi connectivity index (χ1v) is 18.8. The molecule has 0 atom stereocenters. The SMILES string of the molecule is CC1(C)c2ccccc2-c2ccc(-c3nc(-c4ccc5oc6cccc(-c7nc(-c8ccccc8)nc(-c8ccccc8)n7)c6c5c4)nc4ccccc34)cc21. The van der Waals surface area contributed by atoms with Gasteiger partial charge in [0, 0.05) is 49.4 Å². The van der Waals surface area contributed by atoms with E-state index < -0.39 is 0 Å². The molecule has 0 fully saturated rings. The van der Waals surface area contributed by atoms with Crippen molar-refractivity contribution in [3.63, 3.8) is 0 Å². The Balaban J connectivity index is 1.08. The van der Waals surface area contributed by atoms with Crippen LogP contribution in [0.1, 0.15) is 25.0 Å². The number of para-hydroxylation sites is 1. The molecule has 7 aromatic carbocycles. The molecular formula is C50H33N5O. The number of furan rings is 1. The predicted octanol–water partition coefficient (Wildman–Crippen LogP) is 12.4. The lowest BCUT2D eigenvalue weighted by molar-refractivity contribution is 0.660. The van der Waals surface area contributed by atoms with Gasteiger partial charge in [-0.2, -0.15) is 0 Å². The number of aromatic nitrogens is 5. The molecule has 0 bridgehead atoms. The summed E-state index contributed by atoms with van der Waals surface area (Å²) in [6, 6.07) is 56.1. The van der Waals surface area contributed by atoms with Crippen molar-refractivity contribution in [1.29, 1.82) is 0 Å². The lowest BCUT2D eigenvalue weighted by Gasteiger charge is -2.22. The highest BCUT2D eigenvalue weighted by molar-refractivity contribution is 6.12. The maximum atomic E-state index is 6.48. The Morgan fingerprint density at radius 3 is 1.80 bits per heavy atom. The zero-order valence-corrected chi connectivity index (χ0v) is 30.7. The highest BCUT2D eigenvalue weighted by Crippen LogP contribution is 2.50. The molecule has 0 saturated carbocycles. The van der Waals surface area contributed by atoms with E-state index in [2.05, 4.69) is 86.6 Å². The molecule has 0 saturated heterocycles. The average molecular weight is 720 g/mol. The van der Waals surface area contributed by atoms with Gasteiger partial charge in [0.1, 0.15) is 11.2 Å². The van der Waals surface area contributed by atoms with Gasteiger partial charge in [-0.05, 0) is 58.7 Å². The van der Waals surface area contributed by atoms with Crippen molar-refractivity contribution in [2.45, 2.75) is 19.3 Å². The molecule has 56 heavy (non-hydrogen) atoms. The number of nitrogens with zero attached hydrogens (tertiary/aromatic N) is 5. The van der Waals surface area contributed by atoms with Crippen LogP contribution in [0.3, 0.4) is 0 Å². The van der Waals surface area contributed by atoms with E-state index in [9.17, 15) is 0 Å². The Labute approximate surface area is 323 Å². The Morgan fingerprint density at radius 1 is 0.393 bits per heavy atom. The van der Waals surface area contributed by atoms with E-state index in [4.69, 9.17) is 29.3 Å². The van der Waals surface area contributed by atoms with Gasteiger partial charge in [0.25, 0.3) is 0 Å². The molecule has 0 aliphatic heterocycles. The van der Waals surface area contributed by atoms with Crippen LogP contribution in [0.4, 0.5) is 0 Å². The summed E-state index contributed by atoms with van der Waals surface area (Å²) in [7, 11) is 0. The van der Waals surface area contributed by atoms with E-state index in [1.807, 2.05) is 91.0 Å². The van der Waals surface area contributed by atoms with Crippen LogP contribution in [0, 0.1) is 0 Å². The Morgan fingerprint density at radius 2 is 1.02 bits per heavy atom. The summed E-state index contributed by atoms with van der Waals surface area (Å²) in [4.78, 5) is 25.5. The fourth-order valence-corrected chi connectivity index (χ4v) is 8.36. The van der Waals surface area contributed by atoms with Crippen molar-refractivity contribution in [2.24, 2.45) is 0 Å². The summed E-state index contributed by atoms with van der Waals surface area (Å²) in [6.45, 7) is 4.62. The van der Waals surface area contributed by atoms with Crippen molar-refractivity contribution in [1.82, 2.24) is 24.9 Å². The van der Waals surface area contributed by atoms with Crippen molar-refractivity contribution < 1.29 is 4.42 Å². The first kappa shape index (κ1) is 32.1. The van der Waals surface area contributed by atoms with Gasteiger partial charge >= 0.3 is 0 Å². The van der Waals surface area contributed by atoms with Crippen LogP contribution in [0.5, 0.6) is 0 Å². The van der Waals surface area contributed by atoms with E-state index in [1.165, 1.54) is 22.3 Å². The smallest absolute Gasteiger partial charge is 0.164 e. The van der Waals surface area contributed by atoms with Crippen LogP contribution in [-0.2, 0) is 5.41 Å². The average Bonchev–Trinajstić information content (AvgIpc) is 3.75. The van der Waals surface area contributed by atoms with Crippen LogP contribution in [0.2, 0.25) is 0 Å². The minimum Gasteiger partial charge on any atom is -0.456 e. The lowest BCUT2D eigenvalue weighted by atomic mass is 9.82. The van der Waals surface area contributed by atoms with Crippen LogP contribution in [0.25, 0.3) is 101 Å². The topological polar surface area (TPSA) is 77.6 Å². The van der Waals surface area contributed by atoms with Gasteiger partial charge in [-0.1, -0.05) is 141 Å². The summed E-state index contributed by atoms with van der Waals surface area (Å²) in [5, 5.41) is 2.88. The van der Waals surface area contributed by atoms with Crippen molar-refractivity contribution >= 4 is 32.8 Å². The molecule has 0 amide bonds. The number of hydrogen-bond acceptors (Lipinski definition) is 6. The molecule has 0 spiro atoms. The third-order valence-electron chi connectivity index (χ3n) is 11.2. The van der Waals surface area contributed by atoms with E-state index in [-0.39, 0.29) is 5.41 Å². The van der Waals surface area contributed by atoms with Crippen LogP contribution in [0.15, 0.2) is 168 Å². The summed E-state index contributed by atoms with van der Waals surface area (Å²) < 4.78 is 6.48. The number of hydrogen-bond donors (Lipinski definition) is 0. The van der Waals surface area contributed by atoms with Crippen LogP contribution >= 0.6 is 0 Å². The minimum atomic E-state index is -0.124. The molecule has 264 valence electrons. The third kappa shape index (κ3) is 5.07. The van der Waals surface area contributed by atoms with Crippen molar-refractivity contribution in [3.8, 4) is 67.9 Å². The molecule has 6 nitrogen and oxygen atoms in total. The Kier molecular flexibility index (Phi) is 7.10. The summed E-state index contributed by atoms with van der Waals surface area (Å²) >= 11 is 0. The van der Waals surface area contributed by atoms with E-state index >= 15 is 0 Å². The zero-order chi connectivity index (χ0) is 37.4. The highest BCUT2D eigenvalue weighted by Gasteiger charge is 2.35. The van der Waals surface area contributed by atoms with E-state index in [0.717, 1.165) is 66.4 Å². The van der Waals surface area contributed by atoms with Crippen LogP contribution in [-0.4, -0.2) is 24.9 Å². The second kappa shape index (κ2) is 12.4. The van der Waals surface area contributed by atoms with Gasteiger partial charge in [-0.3, -0.25) is 0 Å². The second-order valence-corrected chi connectivity index (χ2v) is 14.9. The standard InChI is InChI=1S/C50H33N5O/c1-50(2)39-21-11-9-18-34(39)35-26-24-32(29-40(35)50)45-36-19-10-12-22-41(36)51-48(52-45)33-25-27-42-38(28-33)44-37(20-13-23-43(44)56-42)49-54-46(30-14-5-3-6-15-30)53-47(55-49)31-16-7-4-8-17-31/h3-29H,1-2H3. The van der Waals surface area contributed by atoms with E-state index in [0.29, 0.717) is 23.3 Å². The number of benzene rings is 7. The summed E-state index contributed by atoms with van der Waals surface area (Å²) in [5.74, 6) is 2.43. The van der Waals surface area contributed by atoms with Gasteiger partial charge in [0.05, 0.1) is 11.2 Å². The van der Waals surface area contributed by atoms with Gasteiger partial charge in [-0.15, -0.1) is 0 Å². The molecule has 10 aromatic rings. The third-order valence-corrected chi connectivity index (χ3v) is 11.2. The monoisotopic (exact) mass is 719 g/mol. The van der Waals surface area contributed by atoms with Gasteiger partial charge in [-0.25, -0.2) is 24.9 Å². The Hall–Kier alpha value is -7.31. The molecule has 11 rings (SSSR count). The molecule has 0 radical (unpaired) electrons. The summed E-state index contributed by atoms with van der Waals surface area (Å²) in [5.41, 5.74) is 13.1. The Bertz CT molecular complexity index is 3110. The maximum Gasteiger partial charge on any atom is 0.164 e. The molecule has 0 unspecified atom stereocenters. The second-order valence-electron chi connectivity index (χ2n) is 14.9. The summed E-state index contributed by atoms with van der Waals surface area (Å²) in [6.07, 6.45) is 0. The number of rotatable bonds is 5. The fourth-order valence-electron chi connectivity index (χ4n) is 8.36. The normalized spacial score (nSPS) is 13.0. The quantitative estimate of drug-likeness (QED) is 0.176. The first-order valence-electron chi connectivity index (χ1n) is 18.8. The number of fused-ring (bicyclic) bond motifs is 7. The highest BCUT2D eigenvalue weighted by atomic mass is 16.3. The fraction of sp³-hybridized carbons (Fsp3) is 0.0600. The zero-order valence-electron chi connectivity index (χ0n) is 30.7. The largest absolute Gasteiger partial charge is 0.456 e. The molecular weight excluding hydrogens is 687 g/mol. The van der Waals surface area contributed by atoms with Crippen molar-refractivity contribution in [2.75, 3.05) is 0 Å². The van der Waals surface area contributed by atoms with Gasteiger partial charge in [0.2, 0.25) is 0 Å². The van der Waals surface area contributed by atoms with Crippen LogP contribution < -0.4 is 0 Å². The molecule has 3 aromatic heterocycles. The van der Waals surface area contributed by atoms with E-state index in [1.54, 1.807) is 0 Å². The minimum absolute atomic E-state index is 0.124. The predicted molar refractivity (Wildman–Crippen MR) is 225 cm³/mol. The van der Waals surface area contributed by atoms with Gasteiger partial charge < -0.3 is 4.42 Å². The molecule has 0 N–H and O–H groups in total. The molecule has 6 heteroatoms. The van der Waals surface area contributed by atoms with Crippen molar-refractivity contribution in [3.05, 3.63) is 175 Å². The molecule has 1 aliphatic carbocycles. The maximum absolute atomic E-state index is 6.48. The molecule has 3 heterocycles. The molecule has 1 aliphatic rings. The first-order chi connectivity index (χ1) is 27.5.